The molecular formula is C49H44FNO9S. The molecule has 2 saturated heterocycles. The van der Waals surface area contributed by atoms with Gasteiger partial charge in [0, 0.05) is 21.4 Å². The SMILES string of the molecule is COc1ccc(C(C)OC(=O)C2=CC(C(=O)Oc3ccccc3)C3(C(=O)N4[C@@H](C(O)(OCc5ccccc5)c5ccccc5)C(C)(C)S[C@@H]43)C2C(=O)c2ccc(F)cc2)cc1. The third-order valence-corrected chi connectivity index (χ3v) is 13.5. The maximum atomic E-state index is 15.7. The second-order valence-electron chi connectivity index (χ2n) is 15.9. The Morgan fingerprint density at radius 3 is 2.07 bits per heavy atom. The van der Waals surface area contributed by atoms with Crippen molar-refractivity contribution in [1.82, 2.24) is 4.90 Å². The molecule has 312 valence electrons. The number of hydrogen-bond acceptors (Lipinski definition) is 10. The van der Waals surface area contributed by atoms with Gasteiger partial charge in [0.25, 0.3) is 0 Å². The summed E-state index contributed by atoms with van der Waals surface area (Å²) in [7, 11) is 1.53. The topological polar surface area (TPSA) is 129 Å². The molecule has 2 heterocycles. The lowest BCUT2D eigenvalue weighted by Gasteiger charge is -2.58. The molecule has 1 spiro atoms. The van der Waals surface area contributed by atoms with Crippen LogP contribution >= 0.6 is 11.8 Å². The van der Waals surface area contributed by atoms with Gasteiger partial charge in [-0.25, -0.2) is 9.18 Å². The van der Waals surface area contributed by atoms with E-state index in [-0.39, 0.29) is 23.5 Å². The smallest absolute Gasteiger partial charge is 0.335 e. The summed E-state index contributed by atoms with van der Waals surface area (Å²) in [6.45, 7) is 5.38. The highest BCUT2D eigenvalue weighted by atomic mass is 32.2. The number of aliphatic hydroxyl groups is 1. The van der Waals surface area contributed by atoms with E-state index in [1.807, 2.05) is 44.2 Å². The number of carbonyl (C=O) groups excluding carboxylic acids is 4. The molecule has 10 nitrogen and oxygen atoms in total. The van der Waals surface area contributed by atoms with E-state index >= 15 is 9.59 Å². The molecule has 0 radical (unpaired) electrons. The number of ketones is 1. The number of esters is 2. The number of amides is 1. The number of nitrogens with zero attached hydrogens (tertiary/aromatic N) is 1. The number of halogens is 1. The summed E-state index contributed by atoms with van der Waals surface area (Å²) in [5.41, 5.74) is -0.354. The molecule has 7 atom stereocenters. The van der Waals surface area contributed by atoms with Gasteiger partial charge in [0.1, 0.15) is 34.9 Å². The molecule has 1 N–H and O–H groups in total. The second-order valence-corrected chi connectivity index (χ2v) is 17.7. The Balaban J connectivity index is 1.25. The zero-order valence-corrected chi connectivity index (χ0v) is 34.7. The van der Waals surface area contributed by atoms with E-state index in [1.165, 1.54) is 42.0 Å². The first-order valence-electron chi connectivity index (χ1n) is 19.9. The fourth-order valence-electron chi connectivity index (χ4n) is 8.95. The van der Waals surface area contributed by atoms with Crippen LogP contribution in [0.1, 0.15) is 53.9 Å². The first-order valence-corrected chi connectivity index (χ1v) is 20.8. The summed E-state index contributed by atoms with van der Waals surface area (Å²) < 4.78 is 37.0. The minimum Gasteiger partial charge on any atom is -0.497 e. The number of ether oxygens (including phenoxy) is 4. The number of thioether (sulfide) groups is 1. The average Bonchev–Trinajstić information content (AvgIpc) is 3.79. The van der Waals surface area contributed by atoms with Gasteiger partial charge in [-0.05, 0) is 80.4 Å². The van der Waals surface area contributed by atoms with Crippen LogP contribution in [-0.4, -0.2) is 56.9 Å². The van der Waals surface area contributed by atoms with Crippen LogP contribution in [0.5, 0.6) is 11.5 Å². The summed E-state index contributed by atoms with van der Waals surface area (Å²) in [5, 5.41) is 12.0. The minimum atomic E-state index is -2.10. The van der Waals surface area contributed by atoms with Crippen molar-refractivity contribution < 1.29 is 47.6 Å². The van der Waals surface area contributed by atoms with Crippen molar-refractivity contribution in [3.8, 4) is 11.5 Å². The van der Waals surface area contributed by atoms with Crippen molar-refractivity contribution in [1.29, 1.82) is 0 Å². The van der Waals surface area contributed by atoms with Gasteiger partial charge < -0.3 is 29.0 Å². The maximum absolute atomic E-state index is 15.7. The quantitative estimate of drug-likeness (QED) is 0.0407. The van der Waals surface area contributed by atoms with Crippen molar-refractivity contribution in [3.63, 3.8) is 0 Å². The summed E-state index contributed by atoms with van der Waals surface area (Å²) >= 11 is 1.29. The molecule has 3 aliphatic rings. The van der Waals surface area contributed by atoms with Gasteiger partial charge in [0.15, 0.2) is 5.78 Å². The number of fused-ring (bicyclic) bond motifs is 2. The number of methoxy groups -OCH3 is 1. The summed E-state index contributed by atoms with van der Waals surface area (Å²) in [6.07, 6.45) is 0.499. The van der Waals surface area contributed by atoms with Crippen LogP contribution in [0, 0.1) is 23.1 Å². The molecule has 2 fully saturated rings. The standard InChI is InChI=1S/C49H44FNO9S/c1-30(32-22-26-36(57-4)27-23-32)59-42(53)38-28-39(43(54)60-37-18-12-7-13-19-37)48(40(38)41(52)33-20-24-35(50)25-21-33)45(55)51-44(47(2,3)61-46(48)51)49(56,34-16-10-6-11-17-34)58-29-31-14-8-5-9-15-31/h5-28,30,39-40,44,46,56H,29H2,1-4H3/t30?,39?,40?,44-,46-,48?,49?/m1/s1. The zero-order valence-electron chi connectivity index (χ0n) is 33.9. The van der Waals surface area contributed by atoms with Gasteiger partial charge in [-0.15, -0.1) is 11.8 Å². The molecular weight excluding hydrogens is 798 g/mol. The normalized spacial score (nSPS) is 23.9. The molecule has 2 aliphatic heterocycles. The predicted molar refractivity (Wildman–Crippen MR) is 225 cm³/mol. The van der Waals surface area contributed by atoms with E-state index in [9.17, 15) is 19.1 Å². The monoisotopic (exact) mass is 841 g/mol. The van der Waals surface area contributed by atoms with E-state index in [0.717, 1.165) is 17.7 Å². The number of Topliss-reactive ketones (excluding diaryl/α,β-unsaturated/α-hetero) is 1. The molecule has 5 unspecified atom stereocenters. The van der Waals surface area contributed by atoms with Crippen LogP contribution in [0.2, 0.25) is 0 Å². The Bertz CT molecular complexity index is 2470. The third-order valence-electron chi connectivity index (χ3n) is 11.8. The minimum absolute atomic E-state index is 0.0110. The number of carbonyl (C=O) groups is 4. The fraction of sp³-hybridized carbons (Fsp3) is 0.265. The lowest BCUT2D eigenvalue weighted by molar-refractivity contribution is -0.271. The molecule has 0 saturated carbocycles. The lowest BCUT2D eigenvalue weighted by Crippen LogP contribution is -2.76. The van der Waals surface area contributed by atoms with E-state index < -0.39 is 74.8 Å². The maximum Gasteiger partial charge on any atom is 0.335 e. The molecule has 61 heavy (non-hydrogen) atoms. The van der Waals surface area contributed by atoms with Gasteiger partial charge in [0.05, 0.1) is 30.9 Å². The van der Waals surface area contributed by atoms with Gasteiger partial charge in [-0.3, -0.25) is 14.4 Å². The largest absolute Gasteiger partial charge is 0.497 e. The fourth-order valence-corrected chi connectivity index (χ4v) is 10.8. The second kappa shape index (κ2) is 16.4. The molecule has 1 aliphatic carbocycles. The zero-order chi connectivity index (χ0) is 43.1. The number of para-hydroxylation sites is 1. The van der Waals surface area contributed by atoms with Gasteiger partial charge in [0.2, 0.25) is 11.7 Å². The Kier molecular flexibility index (Phi) is 11.2. The Morgan fingerprint density at radius 2 is 1.44 bits per heavy atom. The average molecular weight is 842 g/mol. The first-order chi connectivity index (χ1) is 29.3. The van der Waals surface area contributed by atoms with Crippen molar-refractivity contribution >= 4 is 35.4 Å². The predicted octanol–water partition coefficient (Wildman–Crippen LogP) is 8.21. The molecule has 0 bridgehead atoms. The summed E-state index contributed by atoms with van der Waals surface area (Å²) in [5.74, 6) is -8.13. The Hall–Kier alpha value is -6.08. The van der Waals surface area contributed by atoms with E-state index in [2.05, 4.69) is 0 Å². The molecule has 12 heteroatoms. The Morgan fingerprint density at radius 1 is 0.836 bits per heavy atom. The summed E-state index contributed by atoms with van der Waals surface area (Å²) in [6, 6.07) is 37.0. The number of benzene rings is 5. The van der Waals surface area contributed by atoms with Gasteiger partial charge in [-0.1, -0.05) is 97.1 Å². The van der Waals surface area contributed by atoms with E-state index in [1.54, 1.807) is 91.9 Å². The van der Waals surface area contributed by atoms with Crippen molar-refractivity contribution in [2.75, 3.05) is 7.11 Å². The molecule has 8 rings (SSSR count). The highest BCUT2D eigenvalue weighted by Gasteiger charge is 2.81. The van der Waals surface area contributed by atoms with Crippen molar-refractivity contribution in [3.05, 3.63) is 179 Å². The van der Waals surface area contributed by atoms with Crippen LogP contribution in [0.15, 0.2) is 151 Å². The third kappa shape index (κ3) is 7.32. The highest BCUT2D eigenvalue weighted by Crippen LogP contribution is 2.69. The lowest BCUT2D eigenvalue weighted by atomic mass is 9.60. The first kappa shape index (κ1) is 41.6. The van der Waals surface area contributed by atoms with E-state index in [4.69, 9.17) is 18.9 Å². The molecule has 0 aromatic heterocycles. The number of rotatable bonds is 13. The van der Waals surface area contributed by atoms with Crippen LogP contribution in [0.3, 0.4) is 0 Å². The van der Waals surface area contributed by atoms with Crippen LogP contribution in [0.25, 0.3) is 0 Å². The molecule has 5 aromatic rings. The van der Waals surface area contributed by atoms with Gasteiger partial charge in [-0.2, -0.15) is 0 Å². The van der Waals surface area contributed by atoms with Crippen LogP contribution in [0.4, 0.5) is 4.39 Å². The number of β-lactam (4-membered cyclic amide) rings is 1. The highest BCUT2D eigenvalue weighted by molar-refractivity contribution is 8.01. The van der Waals surface area contributed by atoms with Gasteiger partial charge >= 0.3 is 11.9 Å². The number of hydrogen-bond donors (Lipinski definition) is 1. The summed E-state index contributed by atoms with van der Waals surface area (Å²) in [4.78, 5) is 61.5. The van der Waals surface area contributed by atoms with Crippen LogP contribution in [-0.2, 0) is 36.3 Å². The molecule has 1 amide bonds. The van der Waals surface area contributed by atoms with Crippen molar-refractivity contribution in [2.45, 2.75) is 55.4 Å². The van der Waals surface area contributed by atoms with E-state index in [0.29, 0.717) is 16.9 Å². The van der Waals surface area contributed by atoms with Crippen molar-refractivity contribution in [2.24, 2.45) is 17.3 Å². The van der Waals surface area contributed by atoms with Crippen LogP contribution < -0.4 is 9.47 Å². The molecule has 5 aromatic carbocycles. The Labute approximate surface area is 357 Å².